The number of aromatic nitrogens is 2. The van der Waals surface area contributed by atoms with Gasteiger partial charge in [-0.15, -0.1) is 0 Å². The average Bonchev–Trinajstić information content (AvgIpc) is 3.15. The van der Waals surface area contributed by atoms with E-state index in [1.54, 1.807) is 42.4 Å². The molecule has 8 heteroatoms. The normalized spacial score (nSPS) is 16.6. The number of ether oxygens (including phenoxy) is 1. The van der Waals surface area contributed by atoms with Crippen LogP contribution in [-0.2, 0) is 0 Å². The van der Waals surface area contributed by atoms with Gasteiger partial charge < -0.3 is 19.4 Å². The second-order valence-corrected chi connectivity index (χ2v) is 6.80. The second kappa shape index (κ2) is 8.40. The van der Waals surface area contributed by atoms with E-state index in [-0.39, 0.29) is 23.5 Å². The van der Waals surface area contributed by atoms with Gasteiger partial charge in [-0.05, 0) is 43.3 Å². The molecular formula is C21H21FN4O3. The summed E-state index contributed by atoms with van der Waals surface area (Å²) in [6, 6.07) is 9.28. The number of piperazine rings is 1. The van der Waals surface area contributed by atoms with Crippen LogP contribution in [0.2, 0.25) is 0 Å². The summed E-state index contributed by atoms with van der Waals surface area (Å²) in [5.41, 5.74) is 1.12. The molecule has 4 rings (SSSR count). The van der Waals surface area contributed by atoms with Gasteiger partial charge in [0, 0.05) is 31.4 Å². The zero-order chi connectivity index (χ0) is 20.2. The Hall–Kier alpha value is -3.26. The highest BCUT2D eigenvalue weighted by Gasteiger charge is 2.31. The van der Waals surface area contributed by atoms with Crippen molar-refractivity contribution in [3.63, 3.8) is 0 Å². The molecule has 2 aromatic heterocycles. The van der Waals surface area contributed by atoms with Crippen LogP contribution in [0.4, 0.5) is 4.39 Å². The maximum atomic E-state index is 13.2. The minimum atomic E-state index is -0.342. The third-order valence-corrected chi connectivity index (χ3v) is 4.77. The van der Waals surface area contributed by atoms with Crippen molar-refractivity contribution in [2.45, 2.75) is 13.0 Å². The van der Waals surface area contributed by atoms with Crippen LogP contribution in [0, 0.1) is 12.7 Å². The molecule has 1 aromatic carbocycles. The topological polar surface area (TPSA) is 80.5 Å². The maximum absolute atomic E-state index is 13.2. The van der Waals surface area contributed by atoms with Gasteiger partial charge in [-0.1, -0.05) is 0 Å². The molecule has 1 aliphatic heterocycles. The van der Waals surface area contributed by atoms with Crippen LogP contribution in [0.15, 0.2) is 53.2 Å². The van der Waals surface area contributed by atoms with Crippen LogP contribution in [0.25, 0.3) is 11.5 Å². The molecule has 1 amide bonds. The molecule has 1 unspecified atom stereocenters. The summed E-state index contributed by atoms with van der Waals surface area (Å²) in [7, 11) is 0. The van der Waals surface area contributed by atoms with Crippen molar-refractivity contribution in [2.75, 3.05) is 26.2 Å². The second-order valence-electron chi connectivity index (χ2n) is 6.80. The van der Waals surface area contributed by atoms with E-state index in [4.69, 9.17) is 9.15 Å². The van der Waals surface area contributed by atoms with E-state index in [1.807, 2.05) is 6.07 Å². The molecule has 0 aliphatic carbocycles. The van der Waals surface area contributed by atoms with E-state index in [2.05, 4.69) is 15.3 Å². The van der Waals surface area contributed by atoms with E-state index >= 15 is 0 Å². The van der Waals surface area contributed by atoms with Gasteiger partial charge in [0.05, 0.1) is 17.9 Å². The minimum Gasteiger partial charge on any atom is -0.490 e. The van der Waals surface area contributed by atoms with Crippen molar-refractivity contribution in [3.8, 4) is 17.2 Å². The number of hydrogen-bond donors (Lipinski definition) is 1. The lowest BCUT2D eigenvalue weighted by atomic mass is 10.2. The molecule has 1 atom stereocenters. The van der Waals surface area contributed by atoms with Crippen molar-refractivity contribution in [1.29, 1.82) is 0 Å². The molecule has 29 heavy (non-hydrogen) atoms. The Morgan fingerprint density at radius 3 is 2.93 bits per heavy atom. The third kappa shape index (κ3) is 4.27. The molecule has 0 saturated carbocycles. The van der Waals surface area contributed by atoms with Gasteiger partial charge in [0.1, 0.15) is 18.2 Å². The lowest BCUT2D eigenvalue weighted by Gasteiger charge is -2.35. The monoisotopic (exact) mass is 396 g/mol. The SMILES string of the molecule is Cc1nc(-c2ccc(F)cc2)oc1C(=O)N1CCNCC1COc1cccnc1. The molecule has 1 N–H and O–H groups in total. The quantitative estimate of drug-likeness (QED) is 0.714. The largest absolute Gasteiger partial charge is 0.490 e. The van der Waals surface area contributed by atoms with Crippen molar-refractivity contribution in [3.05, 3.63) is 66.1 Å². The molecule has 1 fully saturated rings. The number of nitrogens with zero attached hydrogens (tertiary/aromatic N) is 3. The fraction of sp³-hybridized carbons (Fsp3) is 0.286. The van der Waals surface area contributed by atoms with Crippen molar-refractivity contribution in [1.82, 2.24) is 20.2 Å². The van der Waals surface area contributed by atoms with Gasteiger partial charge >= 0.3 is 0 Å². The summed E-state index contributed by atoms with van der Waals surface area (Å²) >= 11 is 0. The lowest BCUT2D eigenvalue weighted by molar-refractivity contribution is 0.0528. The summed E-state index contributed by atoms with van der Waals surface area (Å²) < 4.78 is 24.7. The minimum absolute atomic E-state index is 0.157. The Morgan fingerprint density at radius 1 is 1.34 bits per heavy atom. The summed E-state index contributed by atoms with van der Waals surface area (Å²) in [5, 5.41) is 3.29. The van der Waals surface area contributed by atoms with Gasteiger partial charge in [-0.2, -0.15) is 0 Å². The summed E-state index contributed by atoms with van der Waals surface area (Å²) in [6.07, 6.45) is 3.31. The van der Waals surface area contributed by atoms with Gasteiger partial charge in [0.2, 0.25) is 11.7 Å². The molecule has 3 heterocycles. The van der Waals surface area contributed by atoms with E-state index in [1.165, 1.54) is 12.1 Å². The van der Waals surface area contributed by atoms with E-state index in [0.717, 1.165) is 0 Å². The number of carbonyl (C=O) groups excluding carboxylic acids is 1. The van der Waals surface area contributed by atoms with Crippen LogP contribution in [-0.4, -0.2) is 53.1 Å². The van der Waals surface area contributed by atoms with Crippen molar-refractivity contribution < 1.29 is 18.3 Å². The van der Waals surface area contributed by atoms with Crippen molar-refractivity contribution in [2.24, 2.45) is 0 Å². The smallest absolute Gasteiger partial charge is 0.292 e. The first-order valence-electron chi connectivity index (χ1n) is 9.39. The number of nitrogens with one attached hydrogen (secondary N) is 1. The zero-order valence-corrected chi connectivity index (χ0v) is 16.0. The number of carbonyl (C=O) groups is 1. The molecule has 7 nitrogen and oxygen atoms in total. The number of amides is 1. The first-order chi connectivity index (χ1) is 14.1. The van der Waals surface area contributed by atoms with Crippen LogP contribution in [0.5, 0.6) is 5.75 Å². The van der Waals surface area contributed by atoms with E-state index < -0.39 is 0 Å². The molecule has 0 bridgehead atoms. The van der Waals surface area contributed by atoms with Gasteiger partial charge in [0.15, 0.2) is 0 Å². The Labute approximate surface area is 167 Å². The predicted molar refractivity (Wildman–Crippen MR) is 104 cm³/mol. The Balaban J connectivity index is 1.51. The Kier molecular flexibility index (Phi) is 5.53. The Bertz CT molecular complexity index is 975. The highest BCUT2D eigenvalue weighted by molar-refractivity contribution is 5.93. The lowest BCUT2D eigenvalue weighted by Crippen LogP contribution is -2.56. The van der Waals surface area contributed by atoms with Crippen LogP contribution in [0.3, 0.4) is 0 Å². The number of hydrogen-bond acceptors (Lipinski definition) is 6. The molecule has 0 spiro atoms. The highest BCUT2D eigenvalue weighted by Crippen LogP contribution is 2.24. The fourth-order valence-electron chi connectivity index (χ4n) is 3.24. The summed E-state index contributed by atoms with van der Waals surface area (Å²) in [6.45, 7) is 3.90. The third-order valence-electron chi connectivity index (χ3n) is 4.77. The maximum Gasteiger partial charge on any atom is 0.292 e. The number of oxazole rings is 1. The number of benzene rings is 1. The van der Waals surface area contributed by atoms with Gasteiger partial charge in [-0.25, -0.2) is 9.37 Å². The molecule has 150 valence electrons. The van der Waals surface area contributed by atoms with Crippen LogP contribution < -0.4 is 10.1 Å². The fourth-order valence-corrected chi connectivity index (χ4v) is 3.24. The predicted octanol–water partition coefficient (Wildman–Crippen LogP) is 2.68. The first kappa shape index (κ1) is 19.1. The van der Waals surface area contributed by atoms with Crippen molar-refractivity contribution >= 4 is 5.91 Å². The number of aryl methyl sites for hydroxylation is 1. The average molecular weight is 396 g/mol. The van der Waals surface area contributed by atoms with Gasteiger partial charge in [-0.3, -0.25) is 9.78 Å². The zero-order valence-electron chi connectivity index (χ0n) is 16.0. The molecule has 3 aromatic rings. The number of halogens is 1. The Morgan fingerprint density at radius 2 is 2.17 bits per heavy atom. The molecule has 1 aliphatic rings. The van der Waals surface area contributed by atoms with Crippen LogP contribution >= 0.6 is 0 Å². The van der Waals surface area contributed by atoms with E-state index in [0.29, 0.717) is 49.1 Å². The van der Waals surface area contributed by atoms with Gasteiger partial charge in [0.25, 0.3) is 5.91 Å². The molecular weight excluding hydrogens is 375 g/mol. The molecule has 1 saturated heterocycles. The molecule has 0 radical (unpaired) electrons. The standard InChI is InChI=1S/C21H21FN4O3/c1-14-19(29-20(25-14)15-4-6-16(22)7-5-15)21(27)26-10-9-24-11-17(26)13-28-18-3-2-8-23-12-18/h2-8,12,17,24H,9-11,13H2,1H3. The summed E-state index contributed by atoms with van der Waals surface area (Å²) in [5.74, 6) is 0.567. The first-order valence-corrected chi connectivity index (χ1v) is 9.39. The highest BCUT2D eigenvalue weighted by atomic mass is 19.1. The van der Waals surface area contributed by atoms with E-state index in [9.17, 15) is 9.18 Å². The number of pyridine rings is 1. The summed E-state index contributed by atoms with van der Waals surface area (Å²) in [4.78, 5) is 23.3. The number of rotatable bonds is 5. The van der Waals surface area contributed by atoms with Crippen LogP contribution in [0.1, 0.15) is 16.2 Å².